The molecule has 5 rings (SSSR count). The number of halogens is 1. The molecule has 1 amide bonds. The van der Waals surface area contributed by atoms with Crippen LogP contribution < -0.4 is 5.32 Å². The van der Waals surface area contributed by atoms with Crippen molar-refractivity contribution in [3.05, 3.63) is 11.6 Å². The SMILES string of the molecule is CN1[C@@H]2CC[C@H]1C[C@@H](OC(=O)Nc1nc(Cl)nc3c1ncn3C1OC(COP(=O)(O)CP(=O)(O)O)C(O)C1O)C2. The molecule has 17 nitrogen and oxygen atoms in total. The summed E-state index contributed by atoms with van der Waals surface area (Å²) in [7, 11) is -7.51. The third kappa shape index (κ3) is 6.35. The van der Waals surface area contributed by atoms with Gasteiger partial charge in [0.15, 0.2) is 29.1 Å². The van der Waals surface area contributed by atoms with Crippen LogP contribution >= 0.6 is 26.8 Å². The van der Waals surface area contributed by atoms with E-state index >= 15 is 0 Å². The van der Waals surface area contributed by atoms with E-state index in [9.17, 15) is 29.0 Å². The molecule has 40 heavy (non-hydrogen) atoms. The summed E-state index contributed by atoms with van der Waals surface area (Å²) < 4.78 is 40.2. The second-order valence-electron chi connectivity index (χ2n) is 10.1. The van der Waals surface area contributed by atoms with Gasteiger partial charge in [-0.15, -0.1) is 0 Å². The molecule has 5 unspecified atom stereocenters. The number of ether oxygens (including phenoxy) is 2. The maximum absolute atomic E-state index is 12.7. The summed E-state index contributed by atoms with van der Waals surface area (Å²) >= 11 is 6.09. The van der Waals surface area contributed by atoms with Crippen molar-refractivity contribution >= 4 is 49.9 Å². The summed E-state index contributed by atoms with van der Waals surface area (Å²) in [5.41, 5.74) is 0.107. The molecule has 3 aliphatic heterocycles. The Hall–Kier alpha value is -1.75. The summed E-state index contributed by atoms with van der Waals surface area (Å²) in [6.07, 6.45) is -2.11. The maximum Gasteiger partial charge on any atom is 0.413 e. The van der Waals surface area contributed by atoms with Crippen molar-refractivity contribution in [2.45, 2.75) is 68.4 Å². The minimum atomic E-state index is -4.86. The van der Waals surface area contributed by atoms with Gasteiger partial charge in [0.25, 0.3) is 0 Å². The van der Waals surface area contributed by atoms with Gasteiger partial charge in [-0.25, -0.2) is 9.78 Å². The number of piperidine rings is 1. The highest BCUT2D eigenvalue weighted by atomic mass is 35.5. The molecule has 0 spiro atoms. The highest BCUT2D eigenvalue weighted by Gasteiger charge is 2.46. The third-order valence-corrected chi connectivity index (χ3v) is 11.0. The molecule has 2 bridgehead atoms. The third-order valence-electron chi connectivity index (χ3n) is 7.36. The summed E-state index contributed by atoms with van der Waals surface area (Å²) in [4.78, 5) is 54.9. The first kappa shape index (κ1) is 29.7. The van der Waals surface area contributed by atoms with E-state index in [1.807, 2.05) is 0 Å². The van der Waals surface area contributed by atoms with E-state index in [0.717, 1.165) is 25.7 Å². The van der Waals surface area contributed by atoms with E-state index in [1.165, 1.54) is 10.9 Å². The summed E-state index contributed by atoms with van der Waals surface area (Å²) in [6.45, 7) is -0.762. The number of anilines is 1. The largest absolute Gasteiger partial charge is 0.446 e. The highest BCUT2D eigenvalue weighted by Crippen LogP contribution is 2.55. The molecule has 3 aliphatic rings. The van der Waals surface area contributed by atoms with Gasteiger partial charge >= 0.3 is 21.3 Å². The van der Waals surface area contributed by atoms with Crippen molar-refractivity contribution in [3.63, 3.8) is 0 Å². The highest BCUT2D eigenvalue weighted by molar-refractivity contribution is 7.70. The number of hydrogen-bond acceptors (Lipinski definition) is 12. The Balaban J connectivity index is 1.28. The fourth-order valence-corrected chi connectivity index (χ4v) is 8.19. The Morgan fingerprint density at radius 1 is 1.18 bits per heavy atom. The van der Waals surface area contributed by atoms with Gasteiger partial charge in [-0.2, -0.15) is 9.97 Å². The van der Waals surface area contributed by atoms with Crippen LogP contribution in [0.5, 0.6) is 0 Å². The molecular formula is C20H29ClN6O11P2. The topological polar surface area (TPSA) is 239 Å². The molecule has 2 aromatic heterocycles. The van der Waals surface area contributed by atoms with E-state index in [-0.39, 0.29) is 28.4 Å². The van der Waals surface area contributed by atoms with Gasteiger partial charge in [-0.1, -0.05) is 0 Å². The van der Waals surface area contributed by atoms with E-state index in [1.54, 1.807) is 0 Å². The number of amides is 1. The van der Waals surface area contributed by atoms with Crippen LogP contribution in [-0.2, 0) is 23.1 Å². The quantitative estimate of drug-likeness (QED) is 0.174. The molecule has 0 radical (unpaired) electrons. The van der Waals surface area contributed by atoms with Crippen molar-refractivity contribution in [1.82, 2.24) is 24.4 Å². The molecular weight excluding hydrogens is 598 g/mol. The van der Waals surface area contributed by atoms with Crippen LogP contribution in [0.4, 0.5) is 10.6 Å². The molecule has 0 aliphatic carbocycles. The fraction of sp³-hybridized carbons (Fsp3) is 0.700. The van der Waals surface area contributed by atoms with Crippen molar-refractivity contribution in [2.24, 2.45) is 0 Å². The van der Waals surface area contributed by atoms with Gasteiger partial charge < -0.3 is 43.8 Å². The average Bonchev–Trinajstić information content (AvgIpc) is 3.42. The Kier molecular flexibility index (Phi) is 8.29. The molecule has 8 atom stereocenters. The smallest absolute Gasteiger partial charge is 0.413 e. The monoisotopic (exact) mass is 626 g/mol. The molecule has 2 aromatic rings. The van der Waals surface area contributed by atoms with Gasteiger partial charge in [-0.3, -0.25) is 19.0 Å². The zero-order chi connectivity index (χ0) is 29.0. The van der Waals surface area contributed by atoms with Gasteiger partial charge in [0.05, 0.1) is 12.9 Å². The number of aliphatic hydroxyl groups is 2. The van der Waals surface area contributed by atoms with E-state index in [2.05, 4.69) is 32.2 Å². The standard InChI is InChI=1S/C20H29ClN6O11P2/c1-26-9-2-3-10(26)5-11(4-9)37-20(30)24-16-13-17(25-19(21)23-16)27(7-22-13)18-15(29)14(28)12(38-18)6-36-40(34,35)8-39(31,32)33/h7,9-12,14-15,18,28-29H,2-6,8H2,1H3,(H,34,35)(H2,31,32,33)(H,23,24,25,30)/t9-,10+,11+,12?,14?,15?,18?. The second kappa shape index (κ2) is 11.2. The summed E-state index contributed by atoms with van der Waals surface area (Å²) in [6, 6.07) is 0.732. The van der Waals surface area contributed by atoms with Crippen molar-refractivity contribution < 1.29 is 52.8 Å². The van der Waals surface area contributed by atoms with Crippen molar-refractivity contribution in [3.8, 4) is 0 Å². The first-order valence-electron chi connectivity index (χ1n) is 12.3. The van der Waals surface area contributed by atoms with Crippen LogP contribution in [0.1, 0.15) is 31.9 Å². The second-order valence-corrected chi connectivity index (χ2v) is 14.5. The molecule has 0 saturated carbocycles. The van der Waals surface area contributed by atoms with Crippen LogP contribution in [0.2, 0.25) is 5.28 Å². The predicted molar refractivity (Wildman–Crippen MR) is 137 cm³/mol. The maximum atomic E-state index is 12.7. The van der Waals surface area contributed by atoms with Crippen LogP contribution in [-0.4, -0.2) is 111 Å². The number of aliphatic hydroxyl groups excluding tert-OH is 2. The lowest BCUT2D eigenvalue weighted by Gasteiger charge is -2.35. The van der Waals surface area contributed by atoms with Gasteiger partial charge in [0, 0.05) is 24.9 Å². The predicted octanol–water partition coefficient (Wildman–Crippen LogP) is 0.610. The van der Waals surface area contributed by atoms with Crippen LogP contribution in [0, 0.1) is 0 Å². The molecule has 3 fully saturated rings. The Morgan fingerprint density at radius 2 is 1.85 bits per heavy atom. The first-order valence-corrected chi connectivity index (χ1v) is 16.3. The lowest BCUT2D eigenvalue weighted by Crippen LogP contribution is -2.43. The van der Waals surface area contributed by atoms with Crippen LogP contribution in [0.25, 0.3) is 11.2 Å². The zero-order valence-corrected chi connectivity index (χ0v) is 23.6. The van der Waals surface area contributed by atoms with E-state index in [4.69, 9.17) is 35.4 Å². The number of fused-ring (bicyclic) bond motifs is 3. The van der Waals surface area contributed by atoms with Crippen molar-refractivity contribution in [2.75, 3.05) is 24.9 Å². The zero-order valence-electron chi connectivity index (χ0n) is 21.1. The number of nitrogens with one attached hydrogen (secondary N) is 1. The van der Waals surface area contributed by atoms with Gasteiger partial charge in [0.1, 0.15) is 24.4 Å². The molecule has 5 heterocycles. The Bertz CT molecular complexity index is 1360. The number of aromatic nitrogens is 4. The normalized spacial score (nSPS) is 32.3. The van der Waals surface area contributed by atoms with Crippen LogP contribution in [0.15, 0.2) is 6.33 Å². The molecule has 6 N–H and O–H groups in total. The number of carbonyl (C=O) groups excluding carboxylic acids is 1. The Labute approximate surface area is 232 Å². The first-order chi connectivity index (χ1) is 18.7. The minimum Gasteiger partial charge on any atom is -0.446 e. The molecule has 222 valence electrons. The fourth-order valence-electron chi connectivity index (χ4n) is 5.46. The Morgan fingerprint density at radius 3 is 2.50 bits per heavy atom. The number of rotatable bonds is 8. The number of hydrogen-bond donors (Lipinski definition) is 6. The molecule has 0 aromatic carbocycles. The number of nitrogens with zero attached hydrogens (tertiary/aromatic N) is 5. The average molecular weight is 627 g/mol. The van der Waals surface area contributed by atoms with Crippen LogP contribution in [0.3, 0.4) is 0 Å². The molecule has 20 heteroatoms. The molecule has 3 saturated heterocycles. The van der Waals surface area contributed by atoms with E-state index in [0.29, 0.717) is 12.1 Å². The minimum absolute atomic E-state index is 0.0276. The summed E-state index contributed by atoms with van der Waals surface area (Å²) in [5, 5.41) is 23.3. The summed E-state index contributed by atoms with van der Waals surface area (Å²) in [5.74, 6) is -1.48. The lowest BCUT2D eigenvalue weighted by atomic mass is 10.0. The number of carbonyl (C=O) groups is 1. The lowest BCUT2D eigenvalue weighted by molar-refractivity contribution is -0.0483. The van der Waals surface area contributed by atoms with E-state index < -0.39 is 58.3 Å². The van der Waals surface area contributed by atoms with Gasteiger partial charge in [-0.05, 0) is 31.5 Å². The number of imidazole rings is 1. The van der Waals surface area contributed by atoms with Crippen molar-refractivity contribution in [1.29, 1.82) is 0 Å². The van der Waals surface area contributed by atoms with Gasteiger partial charge in [0.2, 0.25) is 5.28 Å².